The maximum atomic E-state index is 13.3. The summed E-state index contributed by atoms with van der Waals surface area (Å²) in [5, 5.41) is 10.9. The number of rotatable bonds is 3. The molecule has 35 heavy (non-hydrogen) atoms. The van der Waals surface area contributed by atoms with Crippen LogP contribution in [0.4, 0.5) is 17.1 Å². The molecule has 0 spiro atoms. The number of benzene rings is 3. The van der Waals surface area contributed by atoms with Crippen molar-refractivity contribution in [2.24, 2.45) is 4.99 Å². The number of nitro benzene ring substituents is 1. The number of hydrogen-bond acceptors (Lipinski definition) is 6. The largest absolute Gasteiger partial charge is 0.368 e. The standard InChI is InChI=1S/C27H26N4O3S/c1-17-4-5-18(2)26-25(17)19(3)28-23-16-20(6-11-24(23)35-26)27(32)30-14-12-29(13-15-30)21-7-9-22(10-8-21)31(33)34/h4-11,16H,12-15H2,1-3H3. The molecule has 0 radical (unpaired) electrons. The first kappa shape index (κ1) is 23.1. The number of carbonyl (C=O) groups excluding carboxylic acids is 1. The molecule has 0 N–H and O–H groups in total. The first-order valence-corrected chi connectivity index (χ1v) is 12.4. The Hall–Kier alpha value is -3.65. The fourth-order valence-corrected chi connectivity index (χ4v) is 5.88. The Morgan fingerprint density at radius 1 is 0.943 bits per heavy atom. The zero-order chi connectivity index (χ0) is 24.7. The van der Waals surface area contributed by atoms with Crippen molar-refractivity contribution in [2.75, 3.05) is 31.1 Å². The van der Waals surface area contributed by atoms with Gasteiger partial charge in [0.15, 0.2) is 0 Å². The smallest absolute Gasteiger partial charge is 0.269 e. The highest BCUT2D eigenvalue weighted by Crippen LogP contribution is 2.43. The van der Waals surface area contributed by atoms with E-state index in [1.165, 1.54) is 33.7 Å². The summed E-state index contributed by atoms with van der Waals surface area (Å²) in [4.78, 5) is 35.0. The molecule has 0 aromatic heterocycles. The van der Waals surface area contributed by atoms with Crippen LogP contribution in [-0.4, -0.2) is 47.6 Å². The summed E-state index contributed by atoms with van der Waals surface area (Å²) in [7, 11) is 0. The highest BCUT2D eigenvalue weighted by atomic mass is 32.2. The molecule has 3 aromatic carbocycles. The third kappa shape index (κ3) is 4.41. The van der Waals surface area contributed by atoms with Crippen molar-refractivity contribution >= 4 is 40.4 Å². The van der Waals surface area contributed by atoms with Crippen LogP contribution in [0.25, 0.3) is 0 Å². The van der Waals surface area contributed by atoms with Gasteiger partial charge in [0.25, 0.3) is 11.6 Å². The van der Waals surface area contributed by atoms with Gasteiger partial charge in [-0.3, -0.25) is 19.9 Å². The molecular weight excluding hydrogens is 460 g/mol. The van der Waals surface area contributed by atoms with Gasteiger partial charge in [0.1, 0.15) is 0 Å². The summed E-state index contributed by atoms with van der Waals surface area (Å²) in [6.07, 6.45) is 0. The molecule has 0 unspecified atom stereocenters. The van der Waals surface area contributed by atoms with E-state index in [0.717, 1.165) is 22.0 Å². The van der Waals surface area contributed by atoms with Crippen LogP contribution in [0.15, 0.2) is 69.4 Å². The molecule has 178 valence electrons. The number of anilines is 1. The highest BCUT2D eigenvalue weighted by molar-refractivity contribution is 7.99. The van der Waals surface area contributed by atoms with Crippen molar-refractivity contribution in [3.8, 4) is 0 Å². The normalized spacial score (nSPS) is 15.1. The van der Waals surface area contributed by atoms with Crippen molar-refractivity contribution in [3.63, 3.8) is 0 Å². The average Bonchev–Trinajstić information content (AvgIpc) is 3.02. The maximum absolute atomic E-state index is 13.3. The van der Waals surface area contributed by atoms with Gasteiger partial charge < -0.3 is 9.80 Å². The van der Waals surface area contributed by atoms with E-state index in [-0.39, 0.29) is 11.6 Å². The molecule has 0 saturated carbocycles. The van der Waals surface area contributed by atoms with Gasteiger partial charge in [-0.2, -0.15) is 0 Å². The first-order valence-electron chi connectivity index (χ1n) is 11.6. The third-order valence-corrected chi connectivity index (χ3v) is 7.92. The van der Waals surface area contributed by atoms with Crippen LogP contribution in [0, 0.1) is 24.0 Å². The summed E-state index contributed by atoms with van der Waals surface area (Å²) < 4.78 is 0. The lowest BCUT2D eigenvalue weighted by Gasteiger charge is -2.36. The van der Waals surface area contributed by atoms with E-state index in [2.05, 4.69) is 30.9 Å². The molecule has 5 rings (SSSR count). The predicted molar refractivity (Wildman–Crippen MR) is 140 cm³/mol. The molecule has 2 aliphatic rings. The van der Waals surface area contributed by atoms with E-state index in [9.17, 15) is 14.9 Å². The minimum atomic E-state index is -0.397. The molecule has 3 aromatic rings. The molecule has 0 bridgehead atoms. The topological polar surface area (TPSA) is 79.0 Å². The number of hydrogen-bond donors (Lipinski definition) is 0. The summed E-state index contributed by atoms with van der Waals surface area (Å²) in [6.45, 7) is 8.80. The van der Waals surface area contributed by atoms with Crippen LogP contribution in [0.1, 0.15) is 34.0 Å². The molecule has 0 atom stereocenters. The van der Waals surface area contributed by atoms with Crippen molar-refractivity contribution in [2.45, 2.75) is 30.6 Å². The molecule has 2 aliphatic heterocycles. The van der Waals surface area contributed by atoms with Gasteiger partial charge in [-0.15, -0.1) is 0 Å². The van der Waals surface area contributed by atoms with Crippen LogP contribution in [0.3, 0.4) is 0 Å². The Kier molecular flexibility index (Phi) is 6.06. The molecule has 8 heteroatoms. The van der Waals surface area contributed by atoms with E-state index < -0.39 is 4.92 Å². The number of aryl methyl sites for hydroxylation is 2. The van der Waals surface area contributed by atoms with Crippen LogP contribution < -0.4 is 4.90 Å². The van der Waals surface area contributed by atoms with Crippen LogP contribution in [-0.2, 0) is 0 Å². The highest BCUT2D eigenvalue weighted by Gasteiger charge is 2.25. The number of aliphatic imine (C=N–C) groups is 1. The number of non-ortho nitro benzene ring substituents is 1. The Morgan fingerprint density at radius 2 is 1.63 bits per heavy atom. The summed E-state index contributed by atoms with van der Waals surface area (Å²) in [5.41, 5.74) is 7.06. The minimum Gasteiger partial charge on any atom is -0.368 e. The predicted octanol–water partition coefficient (Wildman–Crippen LogP) is 5.78. The van der Waals surface area contributed by atoms with Crippen molar-refractivity contribution < 1.29 is 9.72 Å². The van der Waals surface area contributed by atoms with Gasteiger partial charge in [-0.25, -0.2) is 0 Å². The fourth-order valence-electron chi connectivity index (χ4n) is 4.67. The molecule has 1 amide bonds. The van der Waals surface area contributed by atoms with Gasteiger partial charge in [0.05, 0.1) is 10.6 Å². The summed E-state index contributed by atoms with van der Waals surface area (Å²) >= 11 is 1.72. The van der Waals surface area contributed by atoms with E-state index >= 15 is 0 Å². The monoisotopic (exact) mass is 486 g/mol. The summed E-state index contributed by atoms with van der Waals surface area (Å²) in [5.74, 6) is 0.00289. The van der Waals surface area contributed by atoms with Gasteiger partial charge in [0, 0.05) is 70.6 Å². The molecular formula is C27H26N4O3S. The van der Waals surface area contributed by atoms with Gasteiger partial charge >= 0.3 is 0 Å². The van der Waals surface area contributed by atoms with Gasteiger partial charge in [-0.05, 0) is 62.2 Å². The first-order chi connectivity index (χ1) is 16.8. The quantitative estimate of drug-likeness (QED) is 0.346. The number of carbonyl (C=O) groups is 1. The lowest BCUT2D eigenvalue weighted by Crippen LogP contribution is -2.48. The number of amides is 1. The third-order valence-electron chi connectivity index (χ3n) is 6.62. The molecule has 7 nitrogen and oxygen atoms in total. The van der Waals surface area contributed by atoms with Crippen LogP contribution in [0.2, 0.25) is 0 Å². The van der Waals surface area contributed by atoms with Crippen molar-refractivity contribution in [1.29, 1.82) is 0 Å². The Balaban J connectivity index is 1.32. The maximum Gasteiger partial charge on any atom is 0.269 e. The van der Waals surface area contributed by atoms with Crippen LogP contribution in [0.5, 0.6) is 0 Å². The van der Waals surface area contributed by atoms with E-state index in [4.69, 9.17) is 4.99 Å². The number of piperazine rings is 1. The average molecular weight is 487 g/mol. The van der Waals surface area contributed by atoms with Gasteiger partial charge in [0.2, 0.25) is 0 Å². The van der Waals surface area contributed by atoms with Gasteiger partial charge in [-0.1, -0.05) is 23.9 Å². The lowest BCUT2D eigenvalue weighted by molar-refractivity contribution is -0.384. The summed E-state index contributed by atoms with van der Waals surface area (Å²) in [6, 6.07) is 16.7. The Bertz CT molecular complexity index is 1360. The zero-order valence-electron chi connectivity index (χ0n) is 19.9. The molecule has 2 heterocycles. The van der Waals surface area contributed by atoms with E-state index in [0.29, 0.717) is 31.7 Å². The van der Waals surface area contributed by atoms with Crippen LogP contribution >= 0.6 is 11.8 Å². The second kappa shape index (κ2) is 9.19. The zero-order valence-corrected chi connectivity index (χ0v) is 20.8. The lowest BCUT2D eigenvalue weighted by atomic mass is 10.0. The van der Waals surface area contributed by atoms with E-state index in [1.807, 2.05) is 30.0 Å². The molecule has 0 aliphatic carbocycles. The van der Waals surface area contributed by atoms with Crippen molar-refractivity contribution in [3.05, 3.63) is 87.0 Å². The second-order valence-corrected chi connectivity index (χ2v) is 9.99. The Labute approximate surface area is 208 Å². The fraction of sp³-hybridized carbons (Fsp3) is 0.259. The number of fused-ring (bicyclic) bond motifs is 2. The number of nitro groups is 1. The SMILES string of the molecule is CC1=Nc2cc(C(=O)N3CCN(c4ccc([N+](=O)[O-])cc4)CC3)ccc2Sc2c(C)ccc(C)c21. The minimum absolute atomic E-state index is 0.00289. The molecule has 1 fully saturated rings. The second-order valence-electron chi connectivity index (χ2n) is 8.94. The molecule has 1 saturated heterocycles. The van der Waals surface area contributed by atoms with Crippen molar-refractivity contribution in [1.82, 2.24) is 4.90 Å². The van der Waals surface area contributed by atoms with E-state index in [1.54, 1.807) is 23.9 Å². The Morgan fingerprint density at radius 3 is 2.31 bits per heavy atom. The number of nitrogens with zero attached hydrogens (tertiary/aromatic N) is 4.